The van der Waals surface area contributed by atoms with E-state index in [1.807, 2.05) is 50.5 Å². The molecule has 0 unspecified atom stereocenters. The van der Waals surface area contributed by atoms with E-state index in [2.05, 4.69) is 21.7 Å². The molecule has 0 saturated carbocycles. The van der Waals surface area contributed by atoms with E-state index in [0.29, 0.717) is 47.8 Å². The molecule has 0 bridgehead atoms. The van der Waals surface area contributed by atoms with Gasteiger partial charge in [-0.1, -0.05) is 26.8 Å². The van der Waals surface area contributed by atoms with E-state index in [4.69, 9.17) is 0 Å². The predicted octanol–water partition coefficient (Wildman–Crippen LogP) is 5.42. The van der Waals surface area contributed by atoms with Crippen molar-refractivity contribution in [2.24, 2.45) is 5.41 Å². The molecule has 9 heteroatoms. The van der Waals surface area contributed by atoms with Gasteiger partial charge in [0.1, 0.15) is 0 Å². The Morgan fingerprint density at radius 1 is 1.11 bits per heavy atom. The van der Waals surface area contributed by atoms with Gasteiger partial charge < -0.3 is 19.9 Å². The number of hydrogen-bond donors (Lipinski definition) is 3. The van der Waals surface area contributed by atoms with Gasteiger partial charge in [-0.2, -0.15) is 5.26 Å². The van der Waals surface area contributed by atoms with Crippen LogP contribution in [0.4, 0.5) is 22.1 Å². The SMILES string of the molecule is Cc1ccc(NC(=O)Nc2nc3cc(N(C)C(=O)CC(C)(C)C)ccc3n2CCC(C)(C)O)cc1C#N. The predicted molar refractivity (Wildman–Crippen MR) is 147 cm³/mol. The van der Waals surface area contributed by atoms with Crippen molar-refractivity contribution in [2.45, 2.75) is 66.5 Å². The molecular formula is C28H36N6O3. The smallest absolute Gasteiger partial charge is 0.326 e. The van der Waals surface area contributed by atoms with Gasteiger partial charge in [0.15, 0.2) is 0 Å². The Morgan fingerprint density at radius 2 is 1.81 bits per heavy atom. The highest BCUT2D eigenvalue weighted by molar-refractivity contribution is 6.00. The first-order chi connectivity index (χ1) is 17.2. The first-order valence-electron chi connectivity index (χ1n) is 12.2. The molecule has 0 spiro atoms. The Kier molecular flexibility index (Phi) is 7.94. The summed E-state index contributed by atoms with van der Waals surface area (Å²) in [7, 11) is 1.74. The zero-order valence-corrected chi connectivity index (χ0v) is 22.6. The van der Waals surface area contributed by atoms with Crippen molar-refractivity contribution >= 4 is 40.3 Å². The van der Waals surface area contributed by atoms with Crippen molar-refractivity contribution in [3.63, 3.8) is 0 Å². The number of rotatable bonds is 7. The van der Waals surface area contributed by atoms with Gasteiger partial charge in [-0.15, -0.1) is 0 Å². The number of carbonyl (C=O) groups excluding carboxylic acids is 2. The molecule has 3 N–H and O–H groups in total. The summed E-state index contributed by atoms with van der Waals surface area (Å²) in [6.45, 7) is 11.8. The zero-order valence-electron chi connectivity index (χ0n) is 22.6. The topological polar surface area (TPSA) is 123 Å². The highest BCUT2D eigenvalue weighted by Crippen LogP contribution is 2.28. The molecule has 1 heterocycles. The van der Waals surface area contributed by atoms with Crippen LogP contribution in [-0.4, -0.2) is 39.2 Å². The van der Waals surface area contributed by atoms with Crippen LogP contribution in [-0.2, 0) is 11.3 Å². The molecule has 3 amide bonds. The largest absolute Gasteiger partial charge is 0.390 e. The minimum absolute atomic E-state index is 0.000810. The number of aryl methyl sites for hydroxylation is 2. The quantitative estimate of drug-likeness (QED) is 0.396. The number of nitrogens with zero attached hydrogens (tertiary/aromatic N) is 4. The maximum Gasteiger partial charge on any atom is 0.326 e. The van der Waals surface area contributed by atoms with Crippen LogP contribution in [0, 0.1) is 23.7 Å². The molecular weight excluding hydrogens is 468 g/mol. The molecule has 0 aliphatic heterocycles. The Labute approximate surface area is 218 Å². The average Bonchev–Trinajstić information content (AvgIpc) is 3.12. The number of anilines is 3. The van der Waals surface area contributed by atoms with Crippen molar-refractivity contribution in [3.05, 3.63) is 47.5 Å². The number of imidazole rings is 1. The van der Waals surface area contributed by atoms with Crippen molar-refractivity contribution in [3.8, 4) is 6.07 Å². The van der Waals surface area contributed by atoms with Crippen LogP contribution in [0.1, 0.15) is 58.6 Å². The lowest BCUT2D eigenvalue weighted by Crippen LogP contribution is -2.29. The van der Waals surface area contributed by atoms with E-state index in [9.17, 15) is 20.0 Å². The molecule has 0 atom stereocenters. The van der Waals surface area contributed by atoms with Crippen LogP contribution in [0.25, 0.3) is 11.0 Å². The number of nitriles is 1. The fourth-order valence-electron chi connectivity index (χ4n) is 3.83. The van der Waals surface area contributed by atoms with Gasteiger partial charge in [0.05, 0.1) is 28.3 Å². The standard InChI is InChI=1S/C28H36N6O3/c1-18-8-9-20(14-19(18)17-29)30-26(36)32-25-31-22-15-21(33(7)24(35)16-27(2,3)4)10-11-23(22)34(25)13-12-28(5,6)37/h8-11,14-15,37H,12-13,16H2,1-7H3,(H2,30,31,32,36). The van der Waals surface area contributed by atoms with Gasteiger partial charge in [-0.3, -0.25) is 10.1 Å². The second kappa shape index (κ2) is 10.6. The van der Waals surface area contributed by atoms with Crippen LogP contribution >= 0.6 is 0 Å². The van der Waals surface area contributed by atoms with Gasteiger partial charge in [0.25, 0.3) is 0 Å². The fourth-order valence-corrected chi connectivity index (χ4v) is 3.83. The summed E-state index contributed by atoms with van der Waals surface area (Å²) in [4.78, 5) is 31.8. The number of hydrogen-bond acceptors (Lipinski definition) is 5. The van der Waals surface area contributed by atoms with Crippen molar-refractivity contribution < 1.29 is 14.7 Å². The summed E-state index contributed by atoms with van der Waals surface area (Å²) in [5, 5.41) is 25.1. The highest BCUT2D eigenvalue weighted by Gasteiger charge is 2.22. The number of fused-ring (bicyclic) bond motifs is 1. The molecule has 0 aliphatic rings. The number of aliphatic hydroxyl groups is 1. The molecule has 2 aromatic carbocycles. The molecule has 0 fully saturated rings. The third kappa shape index (κ3) is 7.30. The molecule has 3 rings (SSSR count). The Bertz CT molecular complexity index is 1360. The first kappa shape index (κ1) is 27.7. The van der Waals surface area contributed by atoms with Gasteiger partial charge in [0.2, 0.25) is 11.9 Å². The van der Waals surface area contributed by atoms with E-state index in [1.165, 1.54) is 0 Å². The van der Waals surface area contributed by atoms with Crippen molar-refractivity contribution in [2.75, 3.05) is 22.6 Å². The number of aromatic nitrogens is 2. The van der Waals surface area contributed by atoms with E-state index in [0.717, 1.165) is 11.1 Å². The molecule has 1 aromatic heterocycles. The van der Waals surface area contributed by atoms with Crippen LogP contribution in [0.3, 0.4) is 0 Å². The van der Waals surface area contributed by atoms with Crippen LogP contribution in [0.5, 0.6) is 0 Å². The second-order valence-corrected chi connectivity index (χ2v) is 11.2. The summed E-state index contributed by atoms with van der Waals surface area (Å²) in [6.07, 6.45) is 0.838. The summed E-state index contributed by atoms with van der Waals surface area (Å²) < 4.78 is 1.84. The molecule has 196 valence electrons. The molecule has 0 aliphatic carbocycles. The summed E-state index contributed by atoms with van der Waals surface area (Å²) >= 11 is 0. The maximum absolute atomic E-state index is 12.8. The number of amides is 3. The third-order valence-electron chi connectivity index (χ3n) is 5.96. The van der Waals surface area contributed by atoms with Crippen LogP contribution in [0.15, 0.2) is 36.4 Å². The second-order valence-electron chi connectivity index (χ2n) is 11.2. The number of carbonyl (C=O) groups is 2. The fraction of sp³-hybridized carbons (Fsp3) is 0.429. The third-order valence-corrected chi connectivity index (χ3v) is 5.96. The Hall–Kier alpha value is -3.90. The normalized spacial score (nSPS) is 11.8. The van der Waals surface area contributed by atoms with Crippen molar-refractivity contribution in [1.82, 2.24) is 9.55 Å². The molecule has 0 saturated heterocycles. The zero-order chi connectivity index (χ0) is 27.5. The lowest BCUT2D eigenvalue weighted by Gasteiger charge is -2.23. The number of urea groups is 1. The lowest BCUT2D eigenvalue weighted by molar-refractivity contribution is -0.120. The van der Waals surface area contributed by atoms with Crippen LogP contribution < -0.4 is 15.5 Å². The summed E-state index contributed by atoms with van der Waals surface area (Å²) in [6, 6.07) is 12.2. The van der Waals surface area contributed by atoms with E-state index in [-0.39, 0.29) is 11.3 Å². The van der Waals surface area contributed by atoms with E-state index >= 15 is 0 Å². The maximum atomic E-state index is 12.8. The summed E-state index contributed by atoms with van der Waals surface area (Å²) in [5.41, 5.74) is 2.82. The number of nitrogens with one attached hydrogen (secondary N) is 2. The molecule has 0 radical (unpaired) electrons. The Balaban J connectivity index is 1.91. The van der Waals surface area contributed by atoms with Gasteiger partial charge >= 0.3 is 6.03 Å². The highest BCUT2D eigenvalue weighted by atomic mass is 16.3. The molecule has 3 aromatic rings. The van der Waals surface area contributed by atoms with Crippen LogP contribution in [0.2, 0.25) is 0 Å². The van der Waals surface area contributed by atoms with E-state index in [1.54, 1.807) is 44.0 Å². The van der Waals surface area contributed by atoms with Crippen molar-refractivity contribution in [1.29, 1.82) is 5.26 Å². The average molecular weight is 505 g/mol. The minimum Gasteiger partial charge on any atom is -0.390 e. The summed E-state index contributed by atoms with van der Waals surface area (Å²) in [5.74, 6) is 0.311. The Morgan fingerprint density at radius 3 is 2.43 bits per heavy atom. The molecule has 9 nitrogen and oxygen atoms in total. The minimum atomic E-state index is -0.911. The van der Waals surface area contributed by atoms with Gasteiger partial charge in [-0.25, -0.2) is 9.78 Å². The monoisotopic (exact) mass is 504 g/mol. The lowest BCUT2D eigenvalue weighted by atomic mass is 9.91. The van der Waals surface area contributed by atoms with Gasteiger partial charge in [-0.05, 0) is 68.5 Å². The first-order valence-corrected chi connectivity index (χ1v) is 12.2. The van der Waals surface area contributed by atoms with E-state index < -0.39 is 11.6 Å². The molecule has 37 heavy (non-hydrogen) atoms. The van der Waals surface area contributed by atoms with Gasteiger partial charge in [0, 0.05) is 31.4 Å². The number of benzene rings is 2.